The number of ether oxygens (including phenoxy) is 1. The molecule has 3 rings (SSSR count). The van der Waals surface area contributed by atoms with E-state index in [0.29, 0.717) is 16.2 Å². The maximum Gasteiger partial charge on any atom is 0.318 e. The van der Waals surface area contributed by atoms with Crippen LogP contribution in [0.3, 0.4) is 0 Å². The molecule has 0 radical (unpaired) electrons. The van der Waals surface area contributed by atoms with Crippen LogP contribution >= 0.6 is 11.6 Å². The van der Waals surface area contributed by atoms with Crippen LogP contribution in [-0.2, 0) is 9.53 Å². The van der Waals surface area contributed by atoms with Crippen molar-refractivity contribution >= 4 is 40.2 Å². The van der Waals surface area contributed by atoms with E-state index >= 15 is 0 Å². The minimum absolute atomic E-state index is 0.140. The van der Waals surface area contributed by atoms with E-state index in [2.05, 4.69) is 15.3 Å². The Morgan fingerprint density at radius 1 is 1.21 bits per heavy atom. The van der Waals surface area contributed by atoms with Gasteiger partial charge in [0.15, 0.2) is 5.78 Å². The Bertz CT molecular complexity index is 1020. The molecule has 7 nitrogen and oxygen atoms in total. The third kappa shape index (κ3) is 4.37. The molecule has 2 aromatic heterocycles. The lowest BCUT2D eigenvalue weighted by atomic mass is 9.97. The molecule has 2 heterocycles. The number of ketones is 1. The number of rotatable bonds is 7. The molecule has 28 heavy (non-hydrogen) atoms. The van der Waals surface area contributed by atoms with E-state index in [1.165, 1.54) is 6.20 Å². The Kier molecular flexibility index (Phi) is 6.06. The Labute approximate surface area is 166 Å². The summed E-state index contributed by atoms with van der Waals surface area (Å²) in [5.74, 6) is -2.68. The van der Waals surface area contributed by atoms with Gasteiger partial charge in [-0.05, 0) is 19.1 Å². The molecule has 0 aliphatic heterocycles. The third-order valence-electron chi connectivity index (χ3n) is 4.13. The van der Waals surface area contributed by atoms with Crippen molar-refractivity contribution in [2.45, 2.75) is 6.92 Å². The number of nitrogens with zero attached hydrogens (tertiary/aromatic N) is 1. The highest BCUT2D eigenvalue weighted by Crippen LogP contribution is 2.18. The molecule has 8 heteroatoms. The number of hydrogen-bond acceptors (Lipinski definition) is 5. The number of aromatic nitrogens is 2. The lowest BCUT2D eigenvalue weighted by Crippen LogP contribution is -2.38. The predicted molar refractivity (Wildman–Crippen MR) is 104 cm³/mol. The Morgan fingerprint density at radius 2 is 1.96 bits per heavy atom. The minimum atomic E-state index is -1.13. The second-order valence-corrected chi connectivity index (χ2v) is 6.41. The molecular formula is C20H18ClN3O4. The van der Waals surface area contributed by atoms with Crippen molar-refractivity contribution in [2.75, 3.05) is 13.2 Å². The lowest BCUT2D eigenvalue weighted by molar-refractivity contribution is -0.145. The largest absolute Gasteiger partial charge is 0.465 e. The molecule has 1 atom stereocenters. The first-order valence-electron chi connectivity index (χ1n) is 8.68. The quantitative estimate of drug-likeness (QED) is 0.275. The van der Waals surface area contributed by atoms with Crippen LogP contribution in [0.1, 0.15) is 27.8 Å². The van der Waals surface area contributed by atoms with Crippen LogP contribution in [-0.4, -0.2) is 40.8 Å². The number of carbonyl (C=O) groups is 3. The second-order valence-electron chi connectivity index (χ2n) is 6.02. The van der Waals surface area contributed by atoms with Gasteiger partial charge < -0.3 is 15.0 Å². The molecular weight excluding hydrogens is 382 g/mol. The van der Waals surface area contributed by atoms with Crippen molar-refractivity contribution in [3.63, 3.8) is 0 Å². The summed E-state index contributed by atoms with van der Waals surface area (Å²) in [5.41, 5.74) is 1.30. The fourth-order valence-corrected chi connectivity index (χ4v) is 2.91. The molecule has 0 aliphatic carbocycles. The number of benzene rings is 1. The van der Waals surface area contributed by atoms with Crippen molar-refractivity contribution in [1.82, 2.24) is 15.3 Å². The van der Waals surface area contributed by atoms with Gasteiger partial charge in [0, 0.05) is 17.5 Å². The zero-order valence-corrected chi connectivity index (χ0v) is 15.8. The molecule has 1 amide bonds. The van der Waals surface area contributed by atoms with Crippen LogP contribution < -0.4 is 5.32 Å². The van der Waals surface area contributed by atoms with Gasteiger partial charge in [0.2, 0.25) is 0 Å². The van der Waals surface area contributed by atoms with Gasteiger partial charge in [-0.1, -0.05) is 41.9 Å². The number of pyridine rings is 1. The highest BCUT2D eigenvalue weighted by Gasteiger charge is 2.29. The zero-order chi connectivity index (χ0) is 20.1. The van der Waals surface area contributed by atoms with Gasteiger partial charge in [0.1, 0.15) is 16.8 Å². The van der Waals surface area contributed by atoms with E-state index in [-0.39, 0.29) is 18.8 Å². The molecule has 0 bridgehead atoms. The summed E-state index contributed by atoms with van der Waals surface area (Å²) in [5, 5.41) is 3.66. The number of halogens is 1. The summed E-state index contributed by atoms with van der Waals surface area (Å²) in [6.07, 6.45) is 1.52. The van der Waals surface area contributed by atoms with Crippen LogP contribution in [0.25, 0.3) is 10.9 Å². The first-order valence-corrected chi connectivity index (χ1v) is 9.05. The summed E-state index contributed by atoms with van der Waals surface area (Å²) in [6.45, 7) is 1.62. The van der Waals surface area contributed by atoms with Crippen LogP contribution in [0.15, 0.2) is 48.7 Å². The summed E-state index contributed by atoms with van der Waals surface area (Å²) < 4.78 is 5.00. The first-order chi connectivity index (χ1) is 13.5. The van der Waals surface area contributed by atoms with Crippen molar-refractivity contribution in [2.24, 2.45) is 5.92 Å². The van der Waals surface area contributed by atoms with E-state index in [9.17, 15) is 14.4 Å². The van der Waals surface area contributed by atoms with E-state index in [4.69, 9.17) is 16.3 Å². The van der Waals surface area contributed by atoms with Gasteiger partial charge in [0.25, 0.3) is 5.91 Å². The van der Waals surface area contributed by atoms with Crippen LogP contribution in [0.4, 0.5) is 0 Å². The molecule has 0 fully saturated rings. The summed E-state index contributed by atoms with van der Waals surface area (Å²) in [6, 6.07) is 11.7. The molecule has 0 saturated carbocycles. The molecule has 0 aliphatic rings. The SMILES string of the molecule is CCOC(=O)[C@H](CNC(=O)c1cc2cc(Cl)ncc2[nH]1)C(=O)c1ccccc1. The molecule has 3 aromatic rings. The van der Waals surface area contributed by atoms with Crippen molar-refractivity contribution in [1.29, 1.82) is 0 Å². The topological polar surface area (TPSA) is 101 Å². The number of fused-ring (bicyclic) bond motifs is 1. The predicted octanol–water partition coefficient (Wildman–Crippen LogP) is 3.01. The van der Waals surface area contributed by atoms with Gasteiger partial charge in [0.05, 0.1) is 18.3 Å². The summed E-state index contributed by atoms with van der Waals surface area (Å²) >= 11 is 5.85. The fraction of sp³-hybridized carbons (Fsp3) is 0.200. The number of nitrogens with one attached hydrogen (secondary N) is 2. The van der Waals surface area contributed by atoms with Crippen LogP contribution in [0.5, 0.6) is 0 Å². The highest BCUT2D eigenvalue weighted by molar-refractivity contribution is 6.30. The number of aromatic amines is 1. The Morgan fingerprint density at radius 3 is 2.68 bits per heavy atom. The summed E-state index contributed by atoms with van der Waals surface area (Å²) in [4.78, 5) is 44.3. The van der Waals surface area contributed by atoms with Crippen molar-refractivity contribution in [3.8, 4) is 0 Å². The number of hydrogen-bond donors (Lipinski definition) is 2. The van der Waals surface area contributed by atoms with Gasteiger partial charge in [-0.2, -0.15) is 0 Å². The molecule has 144 valence electrons. The van der Waals surface area contributed by atoms with Crippen LogP contribution in [0, 0.1) is 5.92 Å². The number of Topliss-reactive ketones (excluding diaryl/α,β-unsaturated/α-hetero) is 1. The minimum Gasteiger partial charge on any atom is -0.465 e. The average Bonchev–Trinajstić information content (AvgIpc) is 3.12. The first kappa shape index (κ1) is 19.6. The van der Waals surface area contributed by atoms with E-state index < -0.39 is 23.6 Å². The third-order valence-corrected chi connectivity index (χ3v) is 4.34. The van der Waals surface area contributed by atoms with E-state index in [1.54, 1.807) is 49.4 Å². The van der Waals surface area contributed by atoms with Gasteiger partial charge in [-0.3, -0.25) is 14.4 Å². The molecule has 0 saturated heterocycles. The smallest absolute Gasteiger partial charge is 0.318 e. The molecule has 1 aromatic carbocycles. The average molecular weight is 400 g/mol. The normalized spacial score (nSPS) is 11.8. The van der Waals surface area contributed by atoms with Crippen molar-refractivity contribution in [3.05, 3.63) is 65.1 Å². The number of carbonyl (C=O) groups excluding carboxylic acids is 3. The van der Waals surface area contributed by atoms with Crippen molar-refractivity contribution < 1.29 is 19.1 Å². The number of esters is 1. The number of amides is 1. The highest BCUT2D eigenvalue weighted by atomic mass is 35.5. The van der Waals surface area contributed by atoms with E-state index in [1.807, 2.05) is 0 Å². The van der Waals surface area contributed by atoms with E-state index in [0.717, 1.165) is 5.39 Å². The van der Waals surface area contributed by atoms with Gasteiger partial charge in [-0.15, -0.1) is 0 Å². The standard InChI is InChI=1S/C20H18ClN3O4/c1-2-28-20(27)14(18(25)12-6-4-3-5-7-12)10-23-19(26)15-8-13-9-17(21)22-11-16(13)24-15/h3-9,11,14,24H,2,10H2,1H3,(H,23,26)/t14-/m1/s1. The summed E-state index contributed by atoms with van der Waals surface area (Å²) in [7, 11) is 0. The monoisotopic (exact) mass is 399 g/mol. The Balaban J connectivity index is 1.75. The van der Waals surface area contributed by atoms with Gasteiger partial charge >= 0.3 is 5.97 Å². The van der Waals surface area contributed by atoms with Crippen LogP contribution in [0.2, 0.25) is 5.15 Å². The van der Waals surface area contributed by atoms with Gasteiger partial charge in [-0.25, -0.2) is 4.98 Å². The fourth-order valence-electron chi connectivity index (χ4n) is 2.75. The maximum absolute atomic E-state index is 12.7. The molecule has 0 unspecified atom stereocenters. The lowest BCUT2D eigenvalue weighted by Gasteiger charge is -2.15. The Hall–Kier alpha value is -3.19. The number of H-pyrrole nitrogens is 1. The zero-order valence-electron chi connectivity index (χ0n) is 15.1. The molecule has 2 N–H and O–H groups in total. The maximum atomic E-state index is 12.7. The molecule has 0 spiro atoms. The second kappa shape index (κ2) is 8.67.